The molecule has 0 radical (unpaired) electrons. The molecule has 0 bridgehead atoms. The minimum Gasteiger partial charge on any atom is -0.669 e. The molecule has 1 aliphatic heterocycles. The molecule has 0 atom stereocenters. The third-order valence-corrected chi connectivity index (χ3v) is 6.46. The maximum atomic E-state index is 6.57. The van der Waals surface area contributed by atoms with Crippen LogP contribution in [0.15, 0.2) is 122 Å². The molecule has 3 aromatic heterocycles. The second-order valence-electron chi connectivity index (χ2n) is 9.54. The van der Waals surface area contributed by atoms with Gasteiger partial charge in [0.2, 0.25) is 0 Å². The van der Waals surface area contributed by atoms with Gasteiger partial charge in [-0.15, -0.1) is 35.5 Å². The molecule has 0 spiro atoms. The van der Waals surface area contributed by atoms with Crippen molar-refractivity contribution < 1.29 is 46.9 Å². The van der Waals surface area contributed by atoms with Crippen LogP contribution in [-0.2, 0) is 42.1 Å². The summed E-state index contributed by atoms with van der Waals surface area (Å²) in [4.78, 5) is 13.1. The third-order valence-electron chi connectivity index (χ3n) is 6.46. The van der Waals surface area contributed by atoms with E-state index in [2.05, 4.69) is 46.3 Å². The molecular weight excluding hydrogens is 933 g/mol. The molecule has 0 fully saturated rings. The molecular formula is C38H24N5OPt2-3. The quantitative estimate of drug-likeness (QED) is 0.128. The Labute approximate surface area is 298 Å². The SMILES string of the molecule is CN1C=CN(c2[c-]c(Oc3[c-]c(-c4[c-]c(-c5[c-]cccc5)c(-c5ccccn5)cn4)[c-]cc3)ccc2)[CH-]1.[C-]#Cn1cccc1.[Pt+4].[Pt]. The van der Waals surface area contributed by atoms with E-state index in [0.717, 1.165) is 28.1 Å². The summed E-state index contributed by atoms with van der Waals surface area (Å²) in [6, 6.07) is 45.4. The van der Waals surface area contributed by atoms with Gasteiger partial charge in [-0.25, -0.2) is 23.2 Å². The zero-order valence-corrected chi connectivity index (χ0v) is 28.9. The summed E-state index contributed by atoms with van der Waals surface area (Å²) in [5.41, 5.74) is 5.60. The molecule has 3 aromatic carbocycles. The molecule has 0 saturated carbocycles. The molecule has 8 heteroatoms. The van der Waals surface area contributed by atoms with Gasteiger partial charge in [-0.3, -0.25) is 17.1 Å². The maximum Gasteiger partial charge on any atom is 4.00 e. The Balaban J connectivity index is 0.000000475. The standard InChI is InChI=1S/C32H20N4O.C6H4N.2Pt/c1-35-17-18-36(23-35)26-12-8-14-28(20-26)37-27-13-7-11-25(19-27)32-21-29(24-9-3-2-4-10-24)30(22-34-32)31-15-5-6-16-33-31;1-2-7-5-3-4-6-7;;/h2-9,12-18,22-23H,1H3;3-6H;;/q-6;-1;;+4. The summed E-state index contributed by atoms with van der Waals surface area (Å²) >= 11 is 0. The van der Waals surface area contributed by atoms with Gasteiger partial charge in [-0.2, -0.15) is 48.8 Å². The number of hydrogen-bond donors (Lipinski definition) is 0. The van der Waals surface area contributed by atoms with Gasteiger partial charge in [-0.1, -0.05) is 11.8 Å². The number of nitrogens with zero attached hydrogens (tertiary/aromatic N) is 5. The zero-order valence-electron chi connectivity index (χ0n) is 24.4. The van der Waals surface area contributed by atoms with Crippen molar-refractivity contribution in [1.82, 2.24) is 19.4 Å². The average Bonchev–Trinajstić information content (AvgIpc) is 3.78. The van der Waals surface area contributed by atoms with E-state index in [1.54, 1.807) is 29.2 Å². The minimum absolute atomic E-state index is 0. The molecule has 0 N–H and O–H groups in total. The predicted molar refractivity (Wildman–Crippen MR) is 170 cm³/mol. The molecule has 6 nitrogen and oxygen atoms in total. The van der Waals surface area contributed by atoms with Crippen LogP contribution in [0.1, 0.15) is 0 Å². The summed E-state index contributed by atoms with van der Waals surface area (Å²) in [7, 11) is 1.98. The molecule has 4 heterocycles. The van der Waals surface area contributed by atoms with Crippen LogP contribution >= 0.6 is 0 Å². The van der Waals surface area contributed by atoms with E-state index in [1.807, 2.05) is 121 Å². The van der Waals surface area contributed by atoms with Crippen LogP contribution in [0.4, 0.5) is 5.69 Å². The van der Waals surface area contributed by atoms with Crippen molar-refractivity contribution in [2.45, 2.75) is 0 Å². The number of hydrogen-bond acceptors (Lipinski definition) is 5. The Morgan fingerprint density at radius 1 is 0.826 bits per heavy atom. The number of anilines is 1. The van der Waals surface area contributed by atoms with Gasteiger partial charge >= 0.3 is 21.1 Å². The average molecular weight is 957 g/mol. The van der Waals surface area contributed by atoms with Gasteiger partial charge < -0.3 is 42.1 Å². The first-order valence-corrected chi connectivity index (χ1v) is 13.7. The fraction of sp³-hybridized carbons (Fsp3) is 0.0263. The second-order valence-corrected chi connectivity index (χ2v) is 9.54. The third kappa shape index (κ3) is 8.52. The van der Waals surface area contributed by atoms with Gasteiger partial charge in [-0.05, 0) is 49.9 Å². The fourth-order valence-corrected chi connectivity index (χ4v) is 4.37. The molecule has 0 aliphatic carbocycles. The summed E-state index contributed by atoms with van der Waals surface area (Å²) in [6.07, 6.45) is 17.6. The number of aromatic nitrogens is 3. The molecule has 6 aromatic rings. The minimum atomic E-state index is 0. The summed E-state index contributed by atoms with van der Waals surface area (Å²) in [6.45, 7) is 1.97. The number of pyridine rings is 2. The normalized spacial score (nSPS) is 11.4. The number of rotatable bonds is 6. The summed E-state index contributed by atoms with van der Waals surface area (Å²) in [5, 5.41) is 0. The number of benzene rings is 3. The molecule has 46 heavy (non-hydrogen) atoms. The Morgan fingerprint density at radius 2 is 1.65 bits per heavy atom. The van der Waals surface area contributed by atoms with Crippen LogP contribution in [-0.4, -0.2) is 26.5 Å². The topological polar surface area (TPSA) is 46.4 Å². The second kappa shape index (κ2) is 16.6. The van der Waals surface area contributed by atoms with Crippen LogP contribution < -0.4 is 9.64 Å². The van der Waals surface area contributed by atoms with Gasteiger partial charge in [0.1, 0.15) is 0 Å². The van der Waals surface area contributed by atoms with E-state index in [-0.39, 0.29) is 42.1 Å². The van der Waals surface area contributed by atoms with Crippen LogP contribution in [0.2, 0.25) is 0 Å². The maximum absolute atomic E-state index is 6.57. The van der Waals surface area contributed by atoms with Crippen LogP contribution in [0.5, 0.6) is 11.5 Å². The van der Waals surface area contributed by atoms with Gasteiger partial charge in [0.25, 0.3) is 0 Å². The monoisotopic (exact) mass is 956 g/mol. The summed E-state index contributed by atoms with van der Waals surface area (Å²) in [5.74, 6) is 1.13. The van der Waals surface area contributed by atoms with E-state index in [9.17, 15) is 0 Å². The Bertz CT molecular complexity index is 1910. The molecule has 1 aliphatic rings. The van der Waals surface area contributed by atoms with Crippen molar-refractivity contribution in [3.05, 3.63) is 166 Å². The Kier molecular flexibility index (Phi) is 12.3. The number of ether oxygens (including phenoxy) is 1. The molecule has 7 rings (SSSR count). The Hall–Kier alpha value is -4.68. The van der Waals surface area contributed by atoms with E-state index in [4.69, 9.17) is 11.2 Å². The molecule has 0 saturated heterocycles. The van der Waals surface area contributed by atoms with Gasteiger partial charge in [0.05, 0.1) is 0 Å². The van der Waals surface area contributed by atoms with E-state index in [0.29, 0.717) is 22.8 Å². The van der Waals surface area contributed by atoms with Crippen molar-refractivity contribution in [3.63, 3.8) is 0 Å². The fourth-order valence-electron chi connectivity index (χ4n) is 4.37. The molecule has 230 valence electrons. The van der Waals surface area contributed by atoms with E-state index >= 15 is 0 Å². The summed E-state index contributed by atoms with van der Waals surface area (Å²) < 4.78 is 7.65. The molecule has 0 amide bonds. The van der Waals surface area contributed by atoms with Crippen LogP contribution in [0.25, 0.3) is 33.6 Å². The smallest absolute Gasteiger partial charge is 0.669 e. The first-order valence-electron chi connectivity index (χ1n) is 13.7. The van der Waals surface area contributed by atoms with Gasteiger partial charge in [0, 0.05) is 51.1 Å². The van der Waals surface area contributed by atoms with Gasteiger partial charge in [0.15, 0.2) is 0 Å². The van der Waals surface area contributed by atoms with E-state index < -0.39 is 0 Å². The van der Waals surface area contributed by atoms with Crippen molar-refractivity contribution in [3.8, 4) is 51.2 Å². The van der Waals surface area contributed by atoms with Crippen LogP contribution in [0, 0.1) is 49.5 Å². The van der Waals surface area contributed by atoms with E-state index in [1.165, 1.54) is 0 Å². The Morgan fingerprint density at radius 3 is 2.35 bits per heavy atom. The predicted octanol–water partition coefficient (Wildman–Crippen LogP) is 7.49. The van der Waals surface area contributed by atoms with Crippen molar-refractivity contribution in [1.29, 1.82) is 0 Å². The zero-order chi connectivity index (χ0) is 30.1. The van der Waals surface area contributed by atoms with Crippen molar-refractivity contribution >= 4 is 5.69 Å². The first-order chi connectivity index (χ1) is 21.7. The first kappa shape index (κ1) is 34.2. The van der Waals surface area contributed by atoms with Crippen molar-refractivity contribution in [2.75, 3.05) is 11.9 Å². The largest absolute Gasteiger partial charge is 4.00 e. The molecule has 0 unspecified atom stereocenters. The van der Waals surface area contributed by atoms with Crippen LogP contribution in [0.3, 0.4) is 0 Å². The van der Waals surface area contributed by atoms with Crippen molar-refractivity contribution in [2.24, 2.45) is 0 Å².